The molecule has 2 rings (SSSR count). The zero-order valence-corrected chi connectivity index (χ0v) is 11.7. The van der Waals surface area contributed by atoms with Gasteiger partial charge < -0.3 is 4.42 Å². The monoisotopic (exact) mass is 279 g/mol. The second-order valence-corrected chi connectivity index (χ2v) is 5.40. The van der Waals surface area contributed by atoms with Crippen molar-refractivity contribution >= 4 is 29.0 Å². The minimum atomic E-state index is -0.206. The van der Waals surface area contributed by atoms with Crippen molar-refractivity contribution in [2.75, 3.05) is 6.54 Å². The number of amides is 2. The van der Waals surface area contributed by atoms with Gasteiger partial charge in [-0.3, -0.25) is 14.5 Å². The maximum atomic E-state index is 12.1. The minimum absolute atomic E-state index is 0.181. The Morgan fingerprint density at radius 3 is 2.84 bits per heavy atom. The summed E-state index contributed by atoms with van der Waals surface area (Å²) in [6, 6.07) is 3.51. The number of thioether (sulfide) groups is 1. The van der Waals surface area contributed by atoms with Gasteiger partial charge in [-0.1, -0.05) is 26.2 Å². The molecule has 2 heterocycles. The topological polar surface area (TPSA) is 50.5 Å². The van der Waals surface area contributed by atoms with E-state index in [1.807, 2.05) is 0 Å². The van der Waals surface area contributed by atoms with Crippen LogP contribution in [0.5, 0.6) is 0 Å². The van der Waals surface area contributed by atoms with Gasteiger partial charge in [0, 0.05) is 12.6 Å². The SMILES string of the molecule is CCCCCCN1C(=O)S/C(=C\c2ccco2)C1=O. The summed E-state index contributed by atoms with van der Waals surface area (Å²) in [5.41, 5.74) is 0. The molecule has 4 nitrogen and oxygen atoms in total. The summed E-state index contributed by atoms with van der Waals surface area (Å²) in [6.07, 6.45) is 7.37. The van der Waals surface area contributed by atoms with Crippen molar-refractivity contribution in [3.63, 3.8) is 0 Å². The van der Waals surface area contributed by atoms with Crippen molar-refractivity contribution in [1.29, 1.82) is 0 Å². The second kappa shape index (κ2) is 6.61. The predicted octanol–water partition coefficient (Wildman–Crippen LogP) is 3.90. The molecule has 1 aliphatic rings. The number of furan rings is 1. The first-order valence-corrected chi connectivity index (χ1v) is 7.33. The molecule has 0 spiro atoms. The molecule has 102 valence electrons. The molecule has 1 aromatic heterocycles. The fourth-order valence-electron chi connectivity index (χ4n) is 1.89. The summed E-state index contributed by atoms with van der Waals surface area (Å²) in [5.74, 6) is 0.388. The van der Waals surface area contributed by atoms with E-state index in [4.69, 9.17) is 4.42 Å². The Balaban J connectivity index is 1.96. The fraction of sp³-hybridized carbons (Fsp3) is 0.429. The van der Waals surface area contributed by atoms with Gasteiger partial charge in [-0.05, 0) is 30.3 Å². The first kappa shape index (κ1) is 13.9. The van der Waals surface area contributed by atoms with Crippen molar-refractivity contribution in [3.05, 3.63) is 29.1 Å². The Morgan fingerprint density at radius 2 is 2.16 bits per heavy atom. The molecule has 0 unspecified atom stereocenters. The molecule has 1 aliphatic heterocycles. The quantitative estimate of drug-likeness (QED) is 0.585. The molecular formula is C14H17NO3S. The molecule has 0 aromatic carbocycles. The smallest absolute Gasteiger partial charge is 0.293 e. The van der Waals surface area contributed by atoms with E-state index in [2.05, 4.69) is 6.92 Å². The molecule has 1 fully saturated rings. The van der Waals surface area contributed by atoms with Gasteiger partial charge in [0.05, 0.1) is 11.2 Å². The highest BCUT2D eigenvalue weighted by molar-refractivity contribution is 8.18. The number of unbranched alkanes of at least 4 members (excludes halogenated alkanes) is 3. The normalized spacial score (nSPS) is 17.7. The van der Waals surface area contributed by atoms with Gasteiger partial charge in [0.25, 0.3) is 11.1 Å². The Kier molecular flexibility index (Phi) is 4.85. The maximum Gasteiger partial charge on any atom is 0.293 e. The predicted molar refractivity (Wildman–Crippen MR) is 75.5 cm³/mol. The molecule has 1 saturated heterocycles. The molecule has 2 amide bonds. The molecule has 0 aliphatic carbocycles. The lowest BCUT2D eigenvalue weighted by Gasteiger charge is -2.11. The lowest BCUT2D eigenvalue weighted by atomic mass is 10.2. The van der Waals surface area contributed by atoms with Gasteiger partial charge in [0.15, 0.2) is 0 Å². The van der Waals surface area contributed by atoms with Crippen LogP contribution in [0.2, 0.25) is 0 Å². The molecule has 0 atom stereocenters. The number of rotatable bonds is 6. The van der Waals surface area contributed by atoms with E-state index in [-0.39, 0.29) is 11.1 Å². The van der Waals surface area contributed by atoms with Crippen LogP contribution < -0.4 is 0 Å². The standard InChI is InChI=1S/C14H17NO3S/c1-2-3-4-5-8-15-13(16)12(19-14(15)17)10-11-7-6-9-18-11/h6-7,9-10H,2-5,8H2,1H3/b12-10-. The Bertz CT molecular complexity index is 479. The fourth-order valence-corrected chi connectivity index (χ4v) is 2.74. The highest BCUT2D eigenvalue weighted by Crippen LogP contribution is 2.32. The van der Waals surface area contributed by atoms with Gasteiger partial charge in [0.2, 0.25) is 0 Å². The summed E-state index contributed by atoms with van der Waals surface area (Å²) in [5, 5.41) is -0.181. The Morgan fingerprint density at radius 1 is 1.32 bits per heavy atom. The highest BCUT2D eigenvalue weighted by atomic mass is 32.2. The van der Waals surface area contributed by atoms with Crippen LogP contribution in [0.1, 0.15) is 38.4 Å². The van der Waals surface area contributed by atoms with Crippen LogP contribution in [0.15, 0.2) is 27.7 Å². The summed E-state index contributed by atoms with van der Waals surface area (Å²) in [7, 11) is 0. The average molecular weight is 279 g/mol. The van der Waals surface area contributed by atoms with Gasteiger partial charge in [-0.15, -0.1) is 0 Å². The molecule has 5 heteroatoms. The van der Waals surface area contributed by atoms with E-state index in [9.17, 15) is 9.59 Å². The first-order chi connectivity index (χ1) is 9.22. The third-order valence-electron chi connectivity index (χ3n) is 2.93. The molecule has 19 heavy (non-hydrogen) atoms. The van der Waals surface area contributed by atoms with Crippen LogP contribution in [-0.4, -0.2) is 22.6 Å². The lowest BCUT2D eigenvalue weighted by molar-refractivity contribution is -0.122. The van der Waals surface area contributed by atoms with Gasteiger partial charge in [-0.25, -0.2) is 0 Å². The highest BCUT2D eigenvalue weighted by Gasteiger charge is 2.34. The van der Waals surface area contributed by atoms with Crippen LogP contribution >= 0.6 is 11.8 Å². The van der Waals surface area contributed by atoms with Gasteiger partial charge in [-0.2, -0.15) is 0 Å². The van der Waals surface area contributed by atoms with Crippen molar-refractivity contribution < 1.29 is 14.0 Å². The van der Waals surface area contributed by atoms with E-state index in [1.165, 1.54) is 4.90 Å². The van der Waals surface area contributed by atoms with E-state index in [0.717, 1.165) is 37.4 Å². The Hall–Kier alpha value is -1.49. The van der Waals surface area contributed by atoms with Crippen molar-refractivity contribution in [1.82, 2.24) is 4.90 Å². The largest absolute Gasteiger partial charge is 0.465 e. The average Bonchev–Trinajstić information content (AvgIpc) is 2.98. The van der Waals surface area contributed by atoms with E-state index < -0.39 is 0 Å². The number of carbonyl (C=O) groups is 2. The molecule has 0 radical (unpaired) electrons. The lowest BCUT2D eigenvalue weighted by Crippen LogP contribution is -2.29. The molecule has 0 N–H and O–H groups in total. The van der Waals surface area contributed by atoms with Gasteiger partial charge in [0.1, 0.15) is 5.76 Å². The Labute approximate surface area is 116 Å². The summed E-state index contributed by atoms with van der Waals surface area (Å²) in [4.78, 5) is 25.6. The van der Waals surface area contributed by atoms with Crippen LogP contribution in [-0.2, 0) is 4.79 Å². The second-order valence-electron chi connectivity index (χ2n) is 4.41. The molecule has 0 saturated carbocycles. The zero-order valence-electron chi connectivity index (χ0n) is 10.9. The summed E-state index contributed by atoms with van der Waals surface area (Å²) in [6.45, 7) is 2.65. The third-order valence-corrected chi connectivity index (χ3v) is 3.83. The van der Waals surface area contributed by atoms with Crippen molar-refractivity contribution in [3.8, 4) is 0 Å². The zero-order chi connectivity index (χ0) is 13.7. The van der Waals surface area contributed by atoms with Gasteiger partial charge >= 0.3 is 0 Å². The van der Waals surface area contributed by atoms with Crippen LogP contribution in [0.25, 0.3) is 6.08 Å². The first-order valence-electron chi connectivity index (χ1n) is 6.51. The molecule has 0 bridgehead atoms. The summed E-state index contributed by atoms with van der Waals surface area (Å²) >= 11 is 0.982. The molecular weight excluding hydrogens is 262 g/mol. The van der Waals surface area contributed by atoms with Crippen molar-refractivity contribution in [2.24, 2.45) is 0 Å². The van der Waals surface area contributed by atoms with Crippen LogP contribution in [0.3, 0.4) is 0 Å². The number of hydrogen-bond donors (Lipinski definition) is 0. The maximum absolute atomic E-state index is 12.1. The molecule has 1 aromatic rings. The number of carbonyl (C=O) groups excluding carboxylic acids is 2. The number of nitrogens with zero attached hydrogens (tertiary/aromatic N) is 1. The van der Waals surface area contributed by atoms with Crippen molar-refractivity contribution in [2.45, 2.75) is 32.6 Å². The van der Waals surface area contributed by atoms with Crippen LogP contribution in [0, 0.1) is 0 Å². The van der Waals surface area contributed by atoms with E-state index >= 15 is 0 Å². The van der Waals surface area contributed by atoms with E-state index in [0.29, 0.717) is 17.2 Å². The third kappa shape index (κ3) is 3.50. The number of hydrogen-bond acceptors (Lipinski definition) is 4. The van der Waals surface area contributed by atoms with E-state index in [1.54, 1.807) is 24.5 Å². The minimum Gasteiger partial charge on any atom is -0.465 e. The summed E-state index contributed by atoms with van der Waals surface area (Å²) < 4.78 is 5.16. The number of imide groups is 1. The van der Waals surface area contributed by atoms with Crippen LogP contribution in [0.4, 0.5) is 4.79 Å².